The van der Waals surface area contributed by atoms with Crippen molar-refractivity contribution >= 4 is 17.9 Å². The Labute approximate surface area is 110 Å². The largest absolute Gasteiger partial charge is 0.406 e. The van der Waals surface area contributed by atoms with E-state index in [1.165, 1.54) is 12.1 Å². The second-order valence-corrected chi connectivity index (χ2v) is 4.87. The zero-order valence-corrected chi connectivity index (χ0v) is 10.4. The Bertz CT molecular complexity index is 571. The van der Waals surface area contributed by atoms with Gasteiger partial charge in [-0.1, -0.05) is 31.0 Å². The molecule has 1 fully saturated rings. The van der Waals surface area contributed by atoms with Crippen LogP contribution in [0.4, 0.5) is 4.39 Å². The molecule has 0 bridgehead atoms. The number of ether oxygens (including phenoxy) is 1. The number of rotatable bonds is 2. The Morgan fingerprint density at radius 2 is 2.00 bits per heavy atom. The number of hydrogen-bond acceptors (Lipinski definition) is 3. The number of hydrogen-bond donors (Lipinski definition) is 0. The molecule has 98 valence electrons. The van der Waals surface area contributed by atoms with Crippen molar-refractivity contribution < 1.29 is 13.9 Å². The third kappa shape index (κ3) is 2.43. The summed E-state index contributed by atoms with van der Waals surface area (Å²) in [5, 5.41) is 0. The predicted molar refractivity (Wildman–Crippen MR) is 69.9 cm³/mol. The van der Waals surface area contributed by atoms with E-state index >= 15 is 0 Å². The number of cyclic esters (lactones) is 1. The van der Waals surface area contributed by atoms with E-state index in [1.54, 1.807) is 18.2 Å². The average Bonchev–Trinajstić information content (AvgIpc) is 3.02. The number of aliphatic imine (C=N–C) groups is 1. The van der Waals surface area contributed by atoms with Crippen molar-refractivity contribution in [2.45, 2.75) is 25.7 Å². The first kappa shape index (κ1) is 12.1. The normalized spacial score (nSPS) is 21.8. The first-order valence-electron chi connectivity index (χ1n) is 6.51. The summed E-state index contributed by atoms with van der Waals surface area (Å²) >= 11 is 0. The van der Waals surface area contributed by atoms with Crippen molar-refractivity contribution in [3.63, 3.8) is 0 Å². The molecule has 1 heterocycles. The van der Waals surface area contributed by atoms with Gasteiger partial charge in [0.15, 0.2) is 5.70 Å². The number of nitrogens with zero attached hydrogens (tertiary/aromatic N) is 1. The second kappa shape index (κ2) is 4.96. The molecule has 3 nitrogen and oxygen atoms in total. The Kier molecular flexibility index (Phi) is 3.15. The lowest BCUT2D eigenvalue weighted by Gasteiger charge is -2.05. The van der Waals surface area contributed by atoms with Gasteiger partial charge in [-0.15, -0.1) is 0 Å². The summed E-state index contributed by atoms with van der Waals surface area (Å²) in [5.41, 5.74) is 0.540. The number of halogens is 1. The Morgan fingerprint density at radius 1 is 1.26 bits per heavy atom. The van der Waals surface area contributed by atoms with E-state index in [4.69, 9.17) is 4.74 Å². The van der Waals surface area contributed by atoms with Gasteiger partial charge >= 0.3 is 5.97 Å². The molecular weight excluding hydrogens is 245 g/mol. The third-order valence-corrected chi connectivity index (χ3v) is 3.54. The summed E-state index contributed by atoms with van der Waals surface area (Å²) in [6.45, 7) is 0. The van der Waals surface area contributed by atoms with Gasteiger partial charge in [-0.3, -0.25) is 0 Å². The Hall–Kier alpha value is -1.97. The molecule has 1 aromatic rings. The minimum Gasteiger partial charge on any atom is -0.406 e. The van der Waals surface area contributed by atoms with Crippen LogP contribution in [-0.2, 0) is 9.53 Å². The second-order valence-electron chi connectivity index (χ2n) is 4.87. The van der Waals surface area contributed by atoms with Gasteiger partial charge in [0.2, 0.25) is 5.90 Å². The molecule has 4 heteroatoms. The van der Waals surface area contributed by atoms with Crippen molar-refractivity contribution in [1.29, 1.82) is 0 Å². The van der Waals surface area contributed by atoms with Crippen molar-refractivity contribution in [3.05, 3.63) is 41.3 Å². The Morgan fingerprint density at radius 3 is 2.74 bits per heavy atom. The molecule has 1 aromatic carbocycles. The van der Waals surface area contributed by atoms with Crippen LogP contribution in [0.15, 0.2) is 35.0 Å². The van der Waals surface area contributed by atoms with Gasteiger partial charge in [0.1, 0.15) is 5.82 Å². The van der Waals surface area contributed by atoms with Crippen LogP contribution in [0.2, 0.25) is 0 Å². The lowest BCUT2D eigenvalue weighted by molar-refractivity contribution is -0.130. The van der Waals surface area contributed by atoms with Crippen LogP contribution in [0.1, 0.15) is 31.2 Å². The van der Waals surface area contributed by atoms with Crippen LogP contribution in [0, 0.1) is 11.7 Å². The highest BCUT2D eigenvalue weighted by Crippen LogP contribution is 2.30. The van der Waals surface area contributed by atoms with Crippen molar-refractivity contribution in [2.75, 3.05) is 0 Å². The predicted octanol–water partition coefficient (Wildman–Crippen LogP) is 3.31. The topological polar surface area (TPSA) is 38.7 Å². The van der Waals surface area contributed by atoms with Crippen LogP contribution in [0.25, 0.3) is 6.08 Å². The highest BCUT2D eigenvalue weighted by Gasteiger charge is 2.31. The molecule has 3 rings (SSSR count). The lowest BCUT2D eigenvalue weighted by Crippen LogP contribution is -2.12. The maximum atomic E-state index is 13.5. The summed E-state index contributed by atoms with van der Waals surface area (Å²) in [4.78, 5) is 16.0. The SMILES string of the molecule is O=C1OC(C2CCCC2)=N/C1=C\c1ccccc1F. The molecule has 2 aliphatic rings. The first-order chi connectivity index (χ1) is 9.24. The lowest BCUT2D eigenvalue weighted by atomic mass is 10.1. The van der Waals surface area contributed by atoms with Gasteiger partial charge in [-0.25, -0.2) is 14.2 Å². The van der Waals surface area contributed by atoms with E-state index in [0.29, 0.717) is 11.5 Å². The number of esters is 1. The van der Waals surface area contributed by atoms with Gasteiger partial charge in [0.25, 0.3) is 0 Å². The van der Waals surface area contributed by atoms with Crippen LogP contribution in [0.3, 0.4) is 0 Å². The highest BCUT2D eigenvalue weighted by molar-refractivity contribution is 6.07. The monoisotopic (exact) mass is 259 g/mol. The molecule has 0 unspecified atom stereocenters. The fourth-order valence-electron chi connectivity index (χ4n) is 2.51. The maximum absolute atomic E-state index is 13.5. The summed E-state index contributed by atoms with van der Waals surface area (Å²) < 4.78 is 18.7. The molecular formula is C15H14FNO2. The van der Waals surface area contributed by atoms with E-state index in [9.17, 15) is 9.18 Å². The molecule has 1 aliphatic carbocycles. The quantitative estimate of drug-likeness (QED) is 0.603. The molecule has 0 atom stereocenters. The van der Waals surface area contributed by atoms with Gasteiger partial charge in [-0.2, -0.15) is 0 Å². The van der Waals surface area contributed by atoms with Crippen LogP contribution >= 0.6 is 0 Å². The summed E-state index contributed by atoms with van der Waals surface area (Å²) in [6, 6.07) is 6.29. The van der Waals surface area contributed by atoms with Gasteiger partial charge in [0, 0.05) is 11.5 Å². The minimum atomic E-state index is -0.481. The molecule has 1 aliphatic heterocycles. The van der Waals surface area contributed by atoms with E-state index < -0.39 is 5.97 Å². The summed E-state index contributed by atoms with van der Waals surface area (Å²) in [6.07, 6.45) is 5.76. The first-order valence-corrected chi connectivity index (χ1v) is 6.51. The van der Waals surface area contributed by atoms with Gasteiger partial charge in [-0.05, 0) is 25.0 Å². The summed E-state index contributed by atoms with van der Waals surface area (Å²) in [7, 11) is 0. The number of carbonyl (C=O) groups is 1. The molecule has 0 saturated heterocycles. The van der Waals surface area contributed by atoms with Crippen molar-refractivity contribution in [3.8, 4) is 0 Å². The molecule has 0 radical (unpaired) electrons. The van der Waals surface area contributed by atoms with E-state index in [1.807, 2.05) is 0 Å². The van der Waals surface area contributed by atoms with Crippen LogP contribution in [0.5, 0.6) is 0 Å². The standard InChI is InChI=1S/C15H14FNO2/c16-12-8-4-3-7-11(12)9-13-15(18)19-14(17-13)10-5-1-2-6-10/h3-4,7-10H,1-2,5-6H2/b13-9-. The molecule has 0 aromatic heterocycles. The average molecular weight is 259 g/mol. The third-order valence-electron chi connectivity index (χ3n) is 3.54. The highest BCUT2D eigenvalue weighted by atomic mass is 19.1. The molecule has 0 spiro atoms. The molecule has 1 saturated carbocycles. The van der Waals surface area contributed by atoms with Crippen molar-refractivity contribution in [2.24, 2.45) is 10.9 Å². The maximum Gasteiger partial charge on any atom is 0.363 e. The van der Waals surface area contributed by atoms with E-state index in [2.05, 4.69) is 4.99 Å². The fourth-order valence-corrected chi connectivity index (χ4v) is 2.51. The minimum absolute atomic E-state index is 0.187. The zero-order chi connectivity index (χ0) is 13.2. The number of benzene rings is 1. The molecule has 0 amide bonds. The molecule has 0 N–H and O–H groups in total. The Balaban J connectivity index is 1.88. The van der Waals surface area contributed by atoms with Crippen LogP contribution in [-0.4, -0.2) is 11.9 Å². The molecule has 19 heavy (non-hydrogen) atoms. The van der Waals surface area contributed by atoms with Crippen LogP contribution < -0.4 is 0 Å². The summed E-state index contributed by atoms with van der Waals surface area (Å²) in [5.74, 6) is -0.0990. The smallest absolute Gasteiger partial charge is 0.363 e. The van der Waals surface area contributed by atoms with E-state index in [0.717, 1.165) is 25.7 Å². The van der Waals surface area contributed by atoms with Gasteiger partial charge in [0.05, 0.1) is 0 Å². The zero-order valence-electron chi connectivity index (χ0n) is 10.4. The fraction of sp³-hybridized carbons (Fsp3) is 0.333. The number of carbonyl (C=O) groups excluding carboxylic acids is 1. The van der Waals surface area contributed by atoms with Crippen molar-refractivity contribution in [1.82, 2.24) is 0 Å². The van der Waals surface area contributed by atoms with E-state index in [-0.39, 0.29) is 17.4 Å². The van der Waals surface area contributed by atoms with Gasteiger partial charge < -0.3 is 4.74 Å².